The van der Waals surface area contributed by atoms with Gasteiger partial charge in [-0.25, -0.2) is 0 Å². The minimum Gasteiger partial charge on any atom is -0.497 e. The Morgan fingerprint density at radius 3 is 2.71 bits per heavy atom. The zero-order valence-electron chi connectivity index (χ0n) is 15.2. The molecule has 0 unspecified atom stereocenters. The van der Waals surface area contributed by atoms with Crippen molar-refractivity contribution in [3.05, 3.63) is 65.2 Å². The lowest BCUT2D eigenvalue weighted by Gasteiger charge is -2.18. The molecular formula is C21H16N2O3S2. The first-order valence-corrected chi connectivity index (χ1v) is 9.68. The molecule has 0 N–H and O–H groups in total. The van der Waals surface area contributed by atoms with Crippen LogP contribution in [0.25, 0.3) is 17.0 Å². The van der Waals surface area contributed by atoms with E-state index in [9.17, 15) is 4.79 Å². The molecule has 2 heterocycles. The van der Waals surface area contributed by atoms with Crippen LogP contribution < -0.4 is 14.4 Å². The van der Waals surface area contributed by atoms with Crippen molar-refractivity contribution in [2.75, 3.05) is 19.1 Å². The van der Waals surface area contributed by atoms with Crippen molar-refractivity contribution in [1.82, 2.24) is 4.98 Å². The van der Waals surface area contributed by atoms with Crippen LogP contribution in [0.3, 0.4) is 0 Å². The number of benzene rings is 2. The van der Waals surface area contributed by atoms with Gasteiger partial charge in [-0.2, -0.15) is 0 Å². The Balaban J connectivity index is 1.74. The van der Waals surface area contributed by atoms with Crippen molar-refractivity contribution < 1.29 is 14.3 Å². The lowest BCUT2D eigenvalue weighted by Crippen LogP contribution is -2.27. The second-order valence-electron chi connectivity index (χ2n) is 5.98. The quantitative estimate of drug-likeness (QED) is 0.462. The van der Waals surface area contributed by atoms with Crippen molar-refractivity contribution in [1.29, 1.82) is 0 Å². The summed E-state index contributed by atoms with van der Waals surface area (Å²) in [6, 6.07) is 15.0. The summed E-state index contributed by atoms with van der Waals surface area (Å²) in [7, 11) is 3.13. The smallest absolute Gasteiger partial charge is 0.270 e. The Morgan fingerprint density at radius 1 is 1.11 bits per heavy atom. The molecule has 1 aromatic heterocycles. The standard InChI is InChI=1S/C21H16N2O3S2/c1-25-15-8-9-16(17(12-15)26-2)23-20(24)18(28-21(23)27)11-14-6-3-5-13-7-4-10-22-19(13)14/h3-12H,1-2H3/b18-11-. The Morgan fingerprint density at radius 2 is 1.93 bits per heavy atom. The van der Waals surface area contributed by atoms with Gasteiger partial charge in [-0.05, 0) is 24.3 Å². The van der Waals surface area contributed by atoms with Crippen LogP contribution in [0.4, 0.5) is 5.69 Å². The third kappa shape index (κ3) is 3.23. The van der Waals surface area contributed by atoms with E-state index in [-0.39, 0.29) is 5.91 Å². The van der Waals surface area contributed by atoms with Gasteiger partial charge in [0.15, 0.2) is 4.32 Å². The fraction of sp³-hybridized carbons (Fsp3) is 0.0952. The molecule has 1 amide bonds. The van der Waals surface area contributed by atoms with Gasteiger partial charge in [0, 0.05) is 23.2 Å². The third-order valence-corrected chi connectivity index (χ3v) is 5.67. The van der Waals surface area contributed by atoms with Gasteiger partial charge >= 0.3 is 0 Å². The molecule has 0 spiro atoms. The molecule has 0 saturated carbocycles. The maximum atomic E-state index is 13.1. The summed E-state index contributed by atoms with van der Waals surface area (Å²) in [5.41, 5.74) is 2.31. The van der Waals surface area contributed by atoms with Gasteiger partial charge in [0.2, 0.25) is 0 Å². The normalized spacial score (nSPS) is 15.5. The van der Waals surface area contributed by atoms with Crippen molar-refractivity contribution in [3.63, 3.8) is 0 Å². The summed E-state index contributed by atoms with van der Waals surface area (Å²) in [4.78, 5) is 19.6. The highest BCUT2D eigenvalue weighted by atomic mass is 32.2. The second-order valence-corrected chi connectivity index (χ2v) is 7.65. The number of hydrogen-bond donors (Lipinski definition) is 0. The first kappa shape index (κ1) is 18.5. The number of aromatic nitrogens is 1. The van der Waals surface area contributed by atoms with Crippen LogP contribution in [-0.4, -0.2) is 29.4 Å². The Kier molecular flexibility index (Phi) is 5.02. The van der Waals surface area contributed by atoms with Gasteiger partial charge in [0.05, 0.1) is 30.3 Å². The summed E-state index contributed by atoms with van der Waals surface area (Å²) in [5.74, 6) is 0.971. The van der Waals surface area contributed by atoms with Crippen LogP contribution in [0, 0.1) is 0 Å². The molecule has 0 atom stereocenters. The number of fused-ring (bicyclic) bond motifs is 1. The van der Waals surface area contributed by atoms with E-state index in [4.69, 9.17) is 21.7 Å². The number of amides is 1. The van der Waals surface area contributed by atoms with Crippen LogP contribution in [0.5, 0.6) is 11.5 Å². The van der Waals surface area contributed by atoms with Crippen molar-refractivity contribution in [2.24, 2.45) is 0 Å². The Bertz CT molecular complexity index is 1120. The van der Waals surface area contributed by atoms with E-state index in [1.54, 1.807) is 38.6 Å². The van der Waals surface area contributed by atoms with Crippen LogP contribution >= 0.6 is 24.0 Å². The summed E-state index contributed by atoms with van der Waals surface area (Å²) in [5, 5.41) is 1.02. The monoisotopic (exact) mass is 408 g/mol. The minimum absolute atomic E-state index is 0.189. The van der Waals surface area contributed by atoms with E-state index in [0.29, 0.717) is 26.4 Å². The molecule has 1 aliphatic rings. The summed E-state index contributed by atoms with van der Waals surface area (Å²) in [6.45, 7) is 0. The summed E-state index contributed by atoms with van der Waals surface area (Å²) in [6.07, 6.45) is 3.58. The molecule has 140 valence electrons. The van der Waals surface area contributed by atoms with Crippen LogP contribution in [0.1, 0.15) is 5.56 Å². The molecule has 7 heteroatoms. The average molecular weight is 409 g/mol. The average Bonchev–Trinajstić information content (AvgIpc) is 3.00. The number of rotatable bonds is 4. The topological polar surface area (TPSA) is 51.7 Å². The highest BCUT2D eigenvalue weighted by Gasteiger charge is 2.35. The predicted octanol–water partition coefficient (Wildman–Crippen LogP) is 4.66. The zero-order valence-corrected chi connectivity index (χ0v) is 16.8. The van der Waals surface area contributed by atoms with Crippen molar-refractivity contribution in [2.45, 2.75) is 0 Å². The molecule has 5 nitrogen and oxygen atoms in total. The first-order valence-electron chi connectivity index (χ1n) is 8.46. The van der Waals surface area contributed by atoms with Gasteiger partial charge in [-0.1, -0.05) is 48.2 Å². The minimum atomic E-state index is -0.189. The molecule has 0 radical (unpaired) electrons. The van der Waals surface area contributed by atoms with Crippen molar-refractivity contribution in [3.8, 4) is 11.5 Å². The van der Waals surface area contributed by atoms with Gasteiger partial charge in [-0.15, -0.1) is 0 Å². The fourth-order valence-electron chi connectivity index (χ4n) is 3.03. The van der Waals surface area contributed by atoms with E-state index >= 15 is 0 Å². The van der Waals surface area contributed by atoms with Crippen LogP contribution in [0.2, 0.25) is 0 Å². The van der Waals surface area contributed by atoms with Crippen molar-refractivity contribution >= 4 is 56.9 Å². The van der Waals surface area contributed by atoms with E-state index in [1.165, 1.54) is 16.7 Å². The predicted molar refractivity (Wildman–Crippen MR) is 117 cm³/mol. The number of methoxy groups -OCH3 is 2. The molecule has 0 aliphatic carbocycles. The number of ether oxygens (including phenoxy) is 2. The highest BCUT2D eigenvalue weighted by Crippen LogP contribution is 2.41. The Hall–Kier alpha value is -2.90. The lowest BCUT2D eigenvalue weighted by molar-refractivity contribution is -0.113. The van der Waals surface area contributed by atoms with Gasteiger partial charge < -0.3 is 9.47 Å². The molecule has 28 heavy (non-hydrogen) atoms. The van der Waals surface area contributed by atoms with Crippen LogP contribution in [-0.2, 0) is 4.79 Å². The number of hydrogen-bond acceptors (Lipinski definition) is 6. The number of carbonyl (C=O) groups excluding carboxylic acids is 1. The van der Waals surface area contributed by atoms with Gasteiger partial charge in [0.25, 0.3) is 5.91 Å². The zero-order chi connectivity index (χ0) is 19.7. The summed E-state index contributed by atoms with van der Waals surface area (Å²) < 4.78 is 11.1. The number of carbonyl (C=O) groups is 1. The maximum Gasteiger partial charge on any atom is 0.270 e. The molecule has 1 saturated heterocycles. The number of pyridine rings is 1. The number of thiocarbonyl (C=S) groups is 1. The highest BCUT2D eigenvalue weighted by molar-refractivity contribution is 8.27. The molecule has 4 rings (SSSR count). The number of anilines is 1. The second kappa shape index (κ2) is 7.61. The first-order chi connectivity index (χ1) is 13.6. The molecule has 3 aromatic rings. The number of para-hydroxylation sites is 1. The Labute approximate surface area is 172 Å². The molecule has 2 aromatic carbocycles. The fourth-order valence-corrected chi connectivity index (χ4v) is 4.31. The van der Waals surface area contributed by atoms with E-state index < -0.39 is 0 Å². The summed E-state index contributed by atoms with van der Waals surface area (Å²) >= 11 is 6.75. The number of thioether (sulfide) groups is 1. The molecule has 1 fully saturated rings. The molecule has 1 aliphatic heterocycles. The van der Waals surface area contributed by atoms with Crippen LogP contribution in [0.15, 0.2) is 59.6 Å². The lowest BCUT2D eigenvalue weighted by atomic mass is 10.1. The third-order valence-electron chi connectivity index (χ3n) is 4.37. The SMILES string of the molecule is COc1ccc(N2C(=O)/C(=C/c3cccc4cccnc34)SC2=S)c(OC)c1. The molecule has 0 bridgehead atoms. The van der Waals surface area contributed by atoms with Gasteiger partial charge in [-0.3, -0.25) is 14.7 Å². The van der Waals surface area contributed by atoms with E-state index in [2.05, 4.69) is 4.98 Å². The van der Waals surface area contributed by atoms with E-state index in [0.717, 1.165) is 16.5 Å². The molecular weight excluding hydrogens is 392 g/mol. The maximum absolute atomic E-state index is 13.1. The van der Waals surface area contributed by atoms with Gasteiger partial charge in [0.1, 0.15) is 11.5 Å². The number of nitrogens with zero attached hydrogens (tertiary/aromatic N) is 2. The van der Waals surface area contributed by atoms with E-state index in [1.807, 2.05) is 36.4 Å². The largest absolute Gasteiger partial charge is 0.497 e.